The van der Waals surface area contributed by atoms with E-state index in [1.807, 2.05) is 0 Å². The smallest absolute Gasteiger partial charge is 0.309 e. The third-order valence-electron chi connectivity index (χ3n) is 6.10. The summed E-state index contributed by atoms with van der Waals surface area (Å²) < 4.78 is 10.6. The minimum absolute atomic E-state index is 0.150. The van der Waals surface area contributed by atoms with Crippen molar-refractivity contribution in [2.75, 3.05) is 7.11 Å². The van der Waals surface area contributed by atoms with Gasteiger partial charge in [0.1, 0.15) is 5.76 Å². The number of aromatic nitrogens is 1. The van der Waals surface area contributed by atoms with Crippen LogP contribution >= 0.6 is 0 Å². The fourth-order valence-electron chi connectivity index (χ4n) is 4.52. The van der Waals surface area contributed by atoms with Gasteiger partial charge < -0.3 is 14.4 Å². The maximum absolute atomic E-state index is 12.1. The van der Waals surface area contributed by atoms with E-state index < -0.39 is 23.8 Å². The van der Waals surface area contributed by atoms with E-state index in [0.29, 0.717) is 23.4 Å². The number of ether oxygens (including phenoxy) is 1. The van der Waals surface area contributed by atoms with Crippen molar-refractivity contribution < 1.29 is 24.0 Å². The molecular weight excluding hydrogens is 346 g/mol. The predicted octanol–water partition coefficient (Wildman–Crippen LogP) is 4.46. The molecule has 2 aliphatic carbocycles. The van der Waals surface area contributed by atoms with E-state index in [1.54, 1.807) is 6.92 Å². The van der Waals surface area contributed by atoms with E-state index in [-0.39, 0.29) is 6.42 Å². The van der Waals surface area contributed by atoms with Crippen LogP contribution in [-0.4, -0.2) is 29.3 Å². The quantitative estimate of drug-likeness (QED) is 0.639. The molecule has 0 saturated heterocycles. The second kappa shape index (κ2) is 8.03. The second-order valence-corrected chi connectivity index (χ2v) is 8.80. The molecule has 0 aromatic carbocycles. The molecule has 1 aromatic rings. The Labute approximate surface area is 160 Å². The maximum atomic E-state index is 12.1. The molecule has 150 valence electrons. The average Bonchev–Trinajstić information content (AvgIpc) is 3.33. The maximum Gasteiger partial charge on any atom is 0.309 e. The first-order chi connectivity index (χ1) is 12.8. The molecule has 27 heavy (non-hydrogen) atoms. The van der Waals surface area contributed by atoms with Crippen LogP contribution in [0.4, 0.5) is 0 Å². The predicted molar refractivity (Wildman–Crippen MR) is 99.6 cm³/mol. The summed E-state index contributed by atoms with van der Waals surface area (Å²) in [5.74, 6) is 0.711. The highest BCUT2D eigenvalue weighted by Crippen LogP contribution is 2.53. The number of aliphatic carboxylic acids is 1. The molecule has 2 aliphatic rings. The summed E-state index contributed by atoms with van der Waals surface area (Å²) in [6.07, 6.45) is 5.47. The first-order valence-electron chi connectivity index (χ1n) is 10.1. The van der Waals surface area contributed by atoms with Crippen LogP contribution in [0.5, 0.6) is 0 Å². The average molecular weight is 377 g/mol. The Morgan fingerprint density at radius 2 is 1.89 bits per heavy atom. The molecular formula is C21H31NO5. The third-order valence-corrected chi connectivity index (χ3v) is 6.10. The lowest BCUT2D eigenvalue weighted by Gasteiger charge is -2.35. The molecule has 0 aliphatic heterocycles. The van der Waals surface area contributed by atoms with Crippen LogP contribution in [0.1, 0.15) is 94.1 Å². The molecule has 1 heterocycles. The number of methoxy groups -OCH3 is 1. The van der Waals surface area contributed by atoms with Gasteiger partial charge in [-0.2, -0.15) is 0 Å². The lowest BCUT2D eigenvalue weighted by atomic mass is 9.69. The highest BCUT2D eigenvalue weighted by molar-refractivity contribution is 5.75. The molecule has 6 nitrogen and oxygen atoms in total. The zero-order chi connectivity index (χ0) is 19.7. The topological polar surface area (TPSA) is 89.6 Å². The van der Waals surface area contributed by atoms with E-state index in [2.05, 4.69) is 19.0 Å². The number of hydrogen-bond donors (Lipinski definition) is 1. The molecule has 0 bridgehead atoms. The Morgan fingerprint density at radius 3 is 2.41 bits per heavy atom. The van der Waals surface area contributed by atoms with Crippen molar-refractivity contribution in [2.24, 2.45) is 17.8 Å². The van der Waals surface area contributed by atoms with Crippen molar-refractivity contribution in [1.82, 2.24) is 5.16 Å². The fraction of sp³-hybridized carbons (Fsp3) is 0.762. The van der Waals surface area contributed by atoms with Crippen LogP contribution in [0.25, 0.3) is 0 Å². The van der Waals surface area contributed by atoms with Gasteiger partial charge >= 0.3 is 11.9 Å². The number of nitrogens with zero attached hydrogens (tertiary/aromatic N) is 1. The summed E-state index contributed by atoms with van der Waals surface area (Å²) in [6.45, 7) is 6.22. The molecule has 1 N–H and O–H groups in total. The molecule has 6 heteroatoms. The summed E-state index contributed by atoms with van der Waals surface area (Å²) in [7, 11) is 1.33. The Kier molecular flexibility index (Phi) is 5.92. The number of carbonyl (C=O) groups excluding carboxylic acids is 1. The summed E-state index contributed by atoms with van der Waals surface area (Å²) >= 11 is 0. The molecule has 3 rings (SSSR count). The SMILES string of the molecule is COC(=O)C(C)C(CC(=O)O)c1noc(C2CC(CC(C)C)C2)c1C1CC1. The zero-order valence-corrected chi connectivity index (χ0v) is 16.7. The van der Waals surface area contributed by atoms with Gasteiger partial charge in [-0.05, 0) is 49.9 Å². The van der Waals surface area contributed by atoms with Gasteiger partial charge in [-0.3, -0.25) is 9.59 Å². The number of hydrogen-bond acceptors (Lipinski definition) is 5. The van der Waals surface area contributed by atoms with Crippen LogP contribution < -0.4 is 0 Å². The Morgan fingerprint density at radius 1 is 1.22 bits per heavy atom. The normalized spacial score (nSPS) is 24.3. The molecule has 2 saturated carbocycles. The Balaban J connectivity index is 1.85. The monoisotopic (exact) mass is 377 g/mol. The lowest BCUT2D eigenvalue weighted by molar-refractivity contribution is -0.146. The molecule has 2 fully saturated rings. The van der Waals surface area contributed by atoms with Crippen molar-refractivity contribution >= 4 is 11.9 Å². The van der Waals surface area contributed by atoms with Crippen LogP contribution in [0, 0.1) is 17.8 Å². The van der Waals surface area contributed by atoms with Gasteiger partial charge in [0.15, 0.2) is 0 Å². The summed E-state index contributed by atoms with van der Waals surface area (Å²) in [5, 5.41) is 13.7. The molecule has 1 aromatic heterocycles. The zero-order valence-electron chi connectivity index (χ0n) is 16.7. The van der Waals surface area contributed by atoms with Crippen molar-refractivity contribution in [2.45, 2.75) is 77.0 Å². The molecule has 0 amide bonds. The van der Waals surface area contributed by atoms with Crippen molar-refractivity contribution in [3.05, 3.63) is 17.0 Å². The van der Waals surface area contributed by atoms with Gasteiger partial charge in [-0.15, -0.1) is 0 Å². The highest BCUT2D eigenvalue weighted by Gasteiger charge is 2.43. The second-order valence-electron chi connectivity index (χ2n) is 8.80. The number of rotatable bonds is 9. The lowest BCUT2D eigenvalue weighted by Crippen LogP contribution is -2.25. The van der Waals surface area contributed by atoms with Gasteiger partial charge in [-0.1, -0.05) is 25.9 Å². The standard InChI is InChI=1S/C21H31NO5/c1-11(2)7-13-8-15(9-13)20-18(14-5-6-14)19(22-27-20)16(10-17(23)24)12(3)21(25)26-4/h11-16H,5-10H2,1-4H3,(H,23,24). The van der Waals surface area contributed by atoms with Crippen molar-refractivity contribution in [3.63, 3.8) is 0 Å². The van der Waals surface area contributed by atoms with Crippen LogP contribution in [-0.2, 0) is 14.3 Å². The first-order valence-corrected chi connectivity index (χ1v) is 10.1. The Hall–Kier alpha value is -1.85. The first kappa shape index (κ1) is 19.9. The minimum atomic E-state index is -0.942. The van der Waals surface area contributed by atoms with Crippen LogP contribution in [0.2, 0.25) is 0 Å². The minimum Gasteiger partial charge on any atom is -0.481 e. The van der Waals surface area contributed by atoms with E-state index in [4.69, 9.17) is 9.26 Å². The van der Waals surface area contributed by atoms with Crippen molar-refractivity contribution in [3.8, 4) is 0 Å². The number of carbonyl (C=O) groups is 2. The van der Waals surface area contributed by atoms with Gasteiger partial charge in [-0.25, -0.2) is 0 Å². The van der Waals surface area contributed by atoms with Crippen LogP contribution in [0.15, 0.2) is 4.52 Å². The summed E-state index contributed by atoms with van der Waals surface area (Å²) in [6, 6.07) is 0. The van der Waals surface area contributed by atoms with E-state index in [1.165, 1.54) is 13.5 Å². The van der Waals surface area contributed by atoms with Gasteiger partial charge in [0.25, 0.3) is 0 Å². The molecule has 2 atom stereocenters. The van der Waals surface area contributed by atoms with Gasteiger partial charge in [0, 0.05) is 17.4 Å². The molecule has 0 spiro atoms. The van der Waals surface area contributed by atoms with Gasteiger partial charge in [0.05, 0.1) is 25.1 Å². The summed E-state index contributed by atoms with van der Waals surface area (Å²) in [5.41, 5.74) is 1.75. The number of carboxylic acids is 1. The Bertz CT molecular complexity index is 685. The van der Waals surface area contributed by atoms with Crippen LogP contribution in [0.3, 0.4) is 0 Å². The molecule has 2 unspecified atom stereocenters. The van der Waals surface area contributed by atoms with Crippen molar-refractivity contribution in [1.29, 1.82) is 0 Å². The van der Waals surface area contributed by atoms with E-state index >= 15 is 0 Å². The summed E-state index contributed by atoms with van der Waals surface area (Å²) in [4.78, 5) is 23.5. The third kappa shape index (κ3) is 4.36. The van der Waals surface area contributed by atoms with E-state index in [9.17, 15) is 14.7 Å². The van der Waals surface area contributed by atoms with Gasteiger partial charge in [0.2, 0.25) is 0 Å². The molecule has 0 radical (unpaired) electrons. The number of carboxylic acid groups (broad SMARTS) is 1. The van der Waals surface area contributed by atoms with E-state index in [0.717, 1.165) is 42.9 Å². The number of esters is 1. The fourth-order valence-corrected chi connectivity index (χ4v) is 4.52. The largest absolute Gasteiger partial charge is 0.481 e. The highest BCUT2D eigenvalue weighted by atomic mass is 16.5.